The minimum atomic E-state index is 0.936. The zero-order chi connectivity index (χ0) is 57.3. The second-order valence-electron chi connectivity index (χ2n) is 23.0. The second-order valence-corrected chi connectivity index (χ2v) is 23.0. The third kappa shape index (κ3) is 9.82. The van der Waals surface area contributed by atoms with Gasteiger partial charge in [-0.15, -0.1) is 0 Å². The molecule has 10 heterocycles. The maximum atomic E-state index is 4.78. The lowest BCUT2D eigenvalue weighted by Crippen LogP contribution is -1.98. The highest BCUT2D eigenvalue weighted by atomic mass is 14.8. The van der Waals surface area contributed by atoms with E-state index in [-0.39, 0.29) is 0 Å². The Morgan fingerprint density at radius 2 is 0.728 bits per heavy atom. The molecule has 0 saturated heterocycles. The van der Waals surface area contributed by atoms with E-state index in [9.17, 15) is 0 Å². The average molecular weight is 1070 g/mol. The quantitative estimate of drug-likeness (QED) is 0.145. The van der Waals surface area contributed by atoms with E-state index in [0.29, 0.717) is 0 Å². The summed E-state index contributed by atoms with van der Waals surface area (Å²) in [5.74, 6) is 0. The monoisotopic (exact) mass is 1060 g/mol. The van der Waals surface area contributed by atoms with Gasteiger partial charge in [0.2, 0.25) is 0 Å². The molecule has 10 aromatic rings. The topological polar surface area (TPSA) is 129 Å². The van der Waals surface area contributed by atoms with E-state index in [1.54, 1.807) is 0 Å². The van der Waals surface area contributed by atoms with E-state index >= 15 is 0 Å². The van der Waals surface area contributed by atoms with Gasteiger partial charge in [0.25, 0.3) is 0 Å². The fraction of sp³-hybridized carbons (Fsp3) is 0.296. The Kier molecular flexibility index (Phi) is 14.5. The molecule has 0 radical (unpaired) electrons. The van der Waals surface area contributed by atoms with E-state index in [4.69, 9.17) is 9.97 Å². The molecule has 10 nitrogen and oxygen atoms in total. The smallest absolute Gasteiger partial charge is 0.0765 e. The summed E-state index contributed by atoms with van der Waals surface area (Å²) < 4.78 is 0. The SMILES string of the molecule is Cc1ccc2c(n1)Cc1c-2ncc(C)c1C.Cc1ccnc2c1-c1nc(C)c(C)c(C)c1C2.Cc1cnc2c(c1)-c1ncc(C)c(C)c1C2.Cc1cnc2c(c1C)Cc1nccc(C)c1-2.Cc1nc2c(c(C)c1C)Cc1ncccc1-2. The first kappa shape index (κ1) is 54.5. The molecular weight excluding hydrogens is 993 g/mol. The molecule has 0 aliphatic heterocycles. The van der Waals surface area contributed by atoms with Crippen molar-refractivity contribution in [1.82, 2.24) is 49.8 Å². The van der Waals surface area contributed by atoms with E-state index in [0.717, 1.165) is 83.3 Å². The predicted molar refractivity (Wildman–Crippen MR) is 327 cm³/mol. The summed E-state index contributed by atoms with van der Waals surface area (Å²) in [6.07, 6.45) is 18.2. The van der Waals surface area contributed by atoms with E-state index in [1.165, 1.54) is 151 Å². The molecule has 0 aromatic carbocycles. The van der Waals surface area contributed by atoms with Gasteiger partial charge in [-0.2, -0.15) is 0 Å². The van der Waals surface area contributed by atoms with E-state index in [2.05, 4.69) is 180 Å². The van der Waals surface area contributed by atoms with Crippen molar-refractivity contribution in [2.24, 2.45) is 0 Å². The highest BCUT2D eigenvalue weighted by Gasteiger charge is 2.29. The van der Waals surface area contributed by atoms with Crippen molar-refractivity contribution < 1.29 is 0 Å². The van der Waals surface area contributed by atoms with Crippen LogP contribution in [-0.2, 0) is 32.1 Å². The molecule has 10 aromatic heterocycles. The van der Waals surface area contributed by atoms with Crippen LogP contribution < -0.4 is 0 Å². The second kappa shape index (κ2) is 21.5. The van der Waals surface area contributed by atoms with Crippen LogP contribution in [0.3, 0.4) is 0 Å². The van der Waals surface area contributed by atoms with Crippen molar-refractivity contribution in [1.29, 1.82) is 0 Å². The van der Waals surface area contributed by atoms with E-state index in [1.807, 2.05) is 56.4 Å². The van der Waals surface area contributed by atoms with Crippen molar-refractivity contribution in [2.75, 3.05) is 0 Å². The van der Waals surface area contributed by atoms with Gasteiger partial charge in [-0.25, -0.2) is 0 Å². The number of hydrogen-bond acceptors (Lipinski definition) is 10. The summed E-state index contributed by atoms with van der Waals surface area (Å²) in [5.41, 5.74) is 44.9. The Hall–Kier alpha value is -8.50. The summed E-state index contributed by atoms with van der Waals surface area (Å²) in [4.78, 5) is 45.7. The standard InChI is InChI=1S/C15H16N2.4C14H14N2/c1-8-5-6-16-13-7-12-10(3)9(2)11(4)17-15(12)14(8)13;1-8-4-12-13(15-6-8)5-11-10(3)9(2)7-16-14(11)12;1-8-7-15-14-11-5-4-9(2)16-13(11)6-12(14)10(8)3;1-8-4-5-15-12-6-11-10(3)9(2)7-16-14(11)13(8)12;1-8-9(2)12-7-13-11(5-4-6-15-13)14(12)16-10(8)3/h5-6H,7H2,1-4H3;4,6-7H,5H2,1-3H3;2*4-5,7H,6H2,1-3H3;4-6H,7H2,1-3H3. The summed E-state index contributed by atoms with van der Waals surface area (Å²) >= 11 is 0. The maximum Gasteiger partial charge on any atom is 0.0765 e. The molecule has 406 valence electrons. The molecule has 0 atom stereocenters. The summed E-state index contributed by atoms with van der Waals surface area (Å²) in [6.45, 7) is 34.1. The minimum absolute atomic E-state index is 0.936. The van der Waals surface area contributed by atoms with Crippen LogP contribution in [0.25, 0.3) is 56.3 Å². The molecule has 0 amide bonds. The van der Waals surface area contributed by atoms with Gasteiger partial charge in [0.05, 0.1) is 56.9 Å². The van der Waals surface area contributed by atoms with Crippen LogP contribution in [0.4, 0.5) is 0 Å². The lowest BCUT2D eigenvalue weighted by molar-refractivity contribution is 1.06. The first-order chi connectivity index (χ1) is 38.8. The number of rotatable bonds is 0. The summed E-state index contributed by atoms with van der Waals surface area (Å²) in [6, 6.07) is 14.6. The first-order valence-electron chi connectivity index (χ1n) is 28.3. The van der Waals surface area contributed by atoms with Crippen LogP contribution in [0.1, 0.15) is 146 Å². The van der Waals surface area contributed by atoms with Crippen molar-refractivity contribution >= 4 is 0 Å². The Balaban J connectivity index is 0.000000107. The average Bonchev–Trinajstić information content (AvgIpc) is 4.34. The lowest BCUT2D eigenvalue weighted by Gasteiger charge is -2.10. The molecule has 0 fully saturated rings. The molecule has 0 unspecified atom stereocenters. The number of aryl methyl sites for hydroxylation is 9. The Labute approximate surface area is 478 Å². The van der Waals surface area contributed by atoms with Crippen molar-refractivity contribution in [3.63, 3.8) is 0 Å². The van der Waals surface area contributed by atoms with Gasteiger partial charge in [0.1, 0.15) is 0 Å². The molecule has 5 aliphatic rings. The maximum absolute atomic E-state index is 4.78. The van der Waals surface area contributed by atoms with Gasteiger partial charge in [-0.3, -0.25) is 49.8 Å². The highest BCUT2D eigenvalue weighted by Crippen LogP contribution is 2.42. The fourth-order valence-corrected chi connectivity index (χ4v) is 12.1. The number of nitrogens with zero attached hydrogens (tertiary/aromatic N) is 10. The van der Waals surface area contributed by atoms with Gasteiger partial charge in [-0.1, -0.05) is 0 Å². The zero-order valence-electron chi connectivity index (χ0n) is 50.1. The van der Waals surface area contributed by atoms with Crippen molar-refractivity contribution in [2.45, 2.75) is 143 Å². The van der Waals surface area contributed by atoms with Gasteiger partial charge in [-0.05, 0) is 253 Å². The molecule has 15 rings (SSSR count). The number of fused-ring (bicyclic) bond motifs is 15. The van der Waals surface area contributed by atoms with Gasteiger partial charge < -0.3 is 0 Å². The molecule has 5 aliphatic carbocycles. The summed E-state index contributed by atoms with van der Waals surface area (Å²) in [5, 5.41) is 0. The van der Waals surface area contributed by atoms with Crippen molar-refractivity contribution in [3.8, 4) is 56.3 Å². The Morgan fingerprint density at radius 3 is 1.31 bits per heavy atom. The third-order valence-electron chi connectivity index (χ3n) is 17.9. The molecule has 0 saturated carbocycles. The van der Waals surface area contributed by atoms with Crippen LogP contribution >= 0.6 is 0 Å². The van der Waals surface area contributed by atoms with Crippen LogP contribution in [0.15, 0.2) is 85.8 Å². The van der Waals surface area contributed by atoms with Crippen LogP contribution in [0.2, 0.25) is 0 Å². The first-order valence-corrected chi connectivity index (χ1v) is 28.3. The van der Waals surface area contributed by atoms with Crippen LogP contribution in [0, 0.1) is 111 Å². The molecule has 81 heavy (non-hydrogen) atoms. The summed E-state index contributed by atoms with van der Waals surface area (Å²) in [7, 11) is 0. The Morgan fingerprint density at radius 1 is 0.296 bits per heavy atom. The Bertz CT molecular complexity index is 4230. The number of aromatic nitrogens is 10. The molecule has 0 spiro atoms. The number of hydrogen-bond donors (Lipinski definition) is 0. The van der Waals surface area contributed by atoms with Crippen molar-refractivity contribution in [3.05, 3.63) is 232 Å². The normalized spacial score (nSPS) is 12.4. The minimum Gasteiger partial charge on any atom is -0.260 e. The molecular formula is C71H72N10. The van der Waals surface area contributed by atoms with Gasteiger partial charge >= 0.3 is 0 Å². The van der Waals surface area contributed by atoms with Crippen LogP contribution in [-0.4, -0.2) is 49.8 Å². The number of pyridine rings is 10. The predicted octanol–water partition coefficient (Wildman–Crippen LogP) is 15.2. The molecule has 0 N–H and O–H groups in total. The van der Waals surface area contributed by atoms with Crippen LogP contribution in [0.5, 0.6) is 0 Å². The fourth-order valence-electron chi connectivity index (χ4n) is 12.1. The molecule has 10 heteroatoms. The third-order valence-corrected chi connectivity index (χ3v) is 17.9. The molecule has 0 bridgehead atoms. The van der Waals surface area contributed by atoms with Gasteiger partial charge in [0.15, 0.2) is 0 Å². The lowest BCUT2D eigenvalue weighted by atomic mass is 10.0. The van der Waals surface area contributed by atoms with E-state index < -0.39 is 0 Å². The zero-order valence-corrected chi connectivity index (χ0v) is 50.1. The highest BCUT2D eigenvalue weighted by molar-refractivity contribution is 5.79. The van der Waals surface area contributed by atoms with Gasteiger partial charge in [0, 0.05) is 120 Å². The largest absolute Gasteiger partial charge is 0.260 e.